The van der Waals surface area contributed by atoms with E-state index in [0.29, 0.717) is 11.6 Å². The second-order valence-electron chi connectivity index (χ2n) is 2.99. The Morgan fingerprint density at radius 1 is 1.31 bits per heavy atom. The number of nitrogens with zero attached hydrogens (tertiary/aromatic N) is 1. The van der Waals surface area contributed by atoms with Crippen molar-refractivity contribution in [1.29, 1.82) is 0 Å². The van der Waals surface area contributed by atoms with Gasteiger partial charge in [0.2, 0.25) is 0 Å². The molecule has 1 aromatic heterocycles. The van der Waals surface area contributed by atoms with Crippen molar-refractivity contribution in [2.75, 3.05) is 0 Å². The SMILES string of the molecule is CC.Cc1ncc(C(C)C)cc1F. The van der Waals surface area contributed by atoms with Gasteiger partial charge < -0.3 is 0 Å². The molecule has 0 aromatic carbocycles. The van der Waals surface area contributed by atoms with Crippen LogP contribution in [0.2, 0.25) is 0 Å². The van der Waals surface area contributed by atoms with Gasteiger partial charge in [-0.3, -0.25) is 4.98 Å². The molecule has 0 saturated heterocycles. The Labute approximate surface area is 80.0 Å². The van der Waals surface area contributed by atoms with Crippen molar-refractivity contribution in [2.24, 2.45) is 0 Å². The van der Waals surface area contributed by atoms with E-state index in [1.165, 1.54) is 0 Å². The molecule has 0 amide bonds. The van der Waals surface area contributed by atoms with Gasteiger partial charge in [0.05, 0.1) is 5.69 Å². The first kappa shape index (κ1) is 12.1. The van der Waals surface area contributed by atoms with Crippen molar-refractivity contribution in [2.45, 2.75) is 40.5 Å². The molecule has 1 heterocycles. The summed E-state index contributed by atoms with van der Waals surface area (Å²) in [6, 6.07) is 1.55. The molecule has 0 aliphatic heterocycles. The molecule has 13 heavy (non-hydrogen) atoms. The normalized spacial score (nSPS) is 9.46. The Hall–Kier alpha value is -0.920. The maximum Gasteiger partial charge on any atom is 0.144 e. The fourth-order valence-electron chi connectivity index (χ4n) is 0.837. The van der Waals surface area contributed by atoms with E-state index in [0.717, 1.165) is 5.56 Å². The van der Waals surface area contributed by atoms with E-state index < -0.39 is 0 Å². The van der Waals surface area contributed by atoms with Gasteiger partial charge in [-0.15, -0.1) is 0 Å². The van der Waals surface area contributed by atoms with E-state index in [9.17, 15) is 4.39 Å². The lowest BCUT2D eigenvalue weighted by atomic mass is 10.1. The summed E-state index contributed by atoms with van der Waals surface area (Å²) in [7, 11) is 0. The van der Waals surface area contributed by atoms with Crippen molar-refractivity contribution in [3.63, 3.8) is 0 Å². The number of rotatable bonds is 1. The van der Waals surface area contributed by atoms with Crippen LogP contribution in [-0.2, 0) is 0 Å². The van der Waals surface area contributed by atoms with Crippen molar-refractivity contribution >= 4 is 0 Å². The lowest BCUT2D eigenvalue weighted by Crippen LogP contribution is -1.93. The number of halogens is 1. The Balaban J connectivity index is 0.000000671. The molecule has 0 atom stereocenters. The van der Waals surface area contributed by atoms with Crippen LogP contribution in [0.1, 0.15) is 44.9 Å². The van der Waals surface area contributed by atoms with Gasteiger partial charge in [0.1, 0.15) is 5.82 Å². The van der Waals surface area contributed by atoms with Gasteiger partial charge in [-0.05, 0) is 24.5 Å². The van der Waals surface area contributed by atoms with Crippen LogP contribution in [0.3, 0.4) is 0 Å². The highest BCUT2D eigenvalue weighted by atomic mass is 19.1. The van der Waals surface area contributed by atoms with E-state index >= 15 is 0 Å². The Kier molecular flexibility index (Phi) is 5.28. The van der Waals surface area contributed by atoms with Crippen LogP contribution in [0.15, 0.2) is 12.3 Å². The molecule has 2 heteroatoms. The molecule has 0 spiro atoms. The number of hydrogen-bond acceptors (Lipinski definition) is 1. The zero-order valence-corrected chi connectivity index (χ0v) is 9.06. The standard InChI is InChI=1S/C9H12FN.C2H6/c1-6(2)8-4-9(10)7(3)11-5-8;1-2/h4-6H,1-3H3;1-2H3. The van der Waals surface area contributed by atoms with E-state index in [4.69, 9.17) is 0 Å². The first-order valence-corrected chi connectivity index (χ1v) is 4.73. The molecular formula is C11H18FN. The van der Waals surface area contributed by atoms with E-state index in [1.807, 2.05) is 27.7 Å². The maximum atomic E-state index is 12.9. The van der Waals surface area contributed by atoms with Gasteiger partial charge in [0, 0.05) is 6.20 Å². The monoisotopic (exact) mass is 183 g/mol. The first-order valence-electron chi connectivity index (χ1n) is 4.73. The van der Waals surface area contributed by atoms with E-state index in [2.05, 4.69) is 4.98 Å². The van der Waals surface area contributed by atoms with Crippen LogP contribution in [0.25, 0.3) is 0 Å². The number of aryl methyl sites for hydroxylation is 1. The lowest BCUT2D eigenvalue weighted by molar-refractivity contribution is 0.604. The molecule has 0 N–H and O–H groups in total. The fourth-order valence-corrected chi connectivity index (χ4v) is 0.837. The molecule has 0 aliphatic rings. The molecule has 0 unspecified atom stereocenters. The smallest absolute Gasteiger partial charge is 0.144 e. The zero-order valence-electron chi connectivity index (χ0n) is 9.06. The van der Waals surface area contributed by atoms with Gasteiger partial charge in [-0.2, -0.15) is 0 Å². The maximum absolute atomic E-state index is 12.9. The average molecular weight is 183 g/mol. The highest BCUT2D eigenvalue weighted by Crippen LogP contribution is 2.14. The number of aromatic nitrogens is 1. The summed E-state index contributed by atoms with van der Waals surface area (Å²) >= 11 is 0. The van der Waals surface area contributed by atoms with E-state index in [-0.39, 0.29) is 5.82 Å². The van der Waals surface area contributed by atoms with Crippen molar-refractivity contribution in [1.82, 2.24) is 4.98 Å². The second kappa shape index (κ2) is 5.68. The van der Waals surface area contributed by atoms with Crippen molar-refractivity contribution in [3.05, 3.63) is 29.3 Å². The third kappa shape index (κ3) is 3.53. The second-order valence-corrected chi connectivity index (χ2v) is 2.99. The Morgan fingerprint density at radius 3 is 2.23 bits per heavy atom. The summed E-state index contributed by atoms with van der Waals surface area (Å²) in [6.45, 7) is 9.71. The molecular weight excluding hydrogens is 165 g/mol. The predicted octanol–water partition coefficient (Wildman–Crippen LogP) is 3.68. The average Bonchev–Trinajstić information content (AvgIpc) is 2.13. The lowest BCUT2D eigenvalue weighted by Gasteiger charge is -2.04. The summed E-state index contributed by atoms with van der Waals surface area (Å²) in [6.07, 6.45) is 1.73. The van der Waals surface area contributed by atoms with Crippen LogP contribution in [0.4, 0.5) is 4.39 Å². The van der Waals surface area contributed by atoms with Crippen molar-refractivity contribution in [3.8, 4) is 0 Å². The zero-order chi connectivity index (χ0) is 10.4. The molecule has 1 aromatic rings. The molecule has 0 bridgehead atoms. The van der Waals surface area contributed by atoms with Crippen LogP contribution in [0, 0.1) is 12.7 Å². The van der Waals surface area contributed by atoms with Crippen LogP contribution in [-0.4, -0.2) is 4.98 Å². The summed E-state index contributed by atoms with van der Waals surface area (Å²) in [5.41, 5.74) is 1.42. The molecule has 0 fully saturated rings. The quantitative estimate of drug-likeness (QED) is 0.647. The Bertz CT molecular complexity index is 256. The summed E-state index contributed by atoms with van der Waals surface area (Å²) in [4.78, 5) is 3.92. The summed E-state index contributed by atoms with van der Waals surface area (Å²) < 4.78 is 12.9. The molecule has 0 saturated carbocycles. The third-order valence-corrected chi connectivity index (χ3v) is 1.71. The Morgan fingerprint density at radius 2 is 1.85 bits per heavy atom. The first-order chi connectivity index (χ1) is 6.11. The van der Waals surface area contributed by atoms with Gasteiger partial charge in [-0.25, -0.2) is 4.39 Å². The molecule has 0 radical (unpaired) electrons. The topological polar surface area (TPSA) is 12.9 Å². The van der Waals surface area contributed by atoms with Crippen LogP contribution >= 0.6 is 0 Å². The number of pyridine rings is 1. The van der Waals surface area contributed by atoms with E-state index in [1.54, 1.807) is 19.2 Å². The van der Waals surface area contributed by atoms with Gasteiger partial charge in [0.15, 0.2) is 0 Å². The highest BCUT2D eigenvalue weighted by molar-refractivity contribution is 5.17. The molecule has 1 nitrogen and oxygen atoms in total. The van der Waals surface area contributed by atoms with Crippen LogP contribution < -0.4 is 0 Å². The summed E-state index contributed by atoms with van der Waals surface area (Å²) in [5.74, 6) is 0.133. The molecule has 1 rings (SSSR count). The van der Waals surface area contributed by atoms with Gasteiger partial charge >= 0.3 is 0 Å². The predicted molar refractivity (Wildman–Crippen MR) is 54.4 cm³/mol. The largest absolute Gasteiger partial charge is 0.258 e. The molecule has 74 valence electrons. The number of hydrogen-bond donors (Lipinski definition) is 0. The van der Waals surface area contributed by atoms with Gasteiger partial charge in [-0.1, -0.05) is 27.7 Å². The van der Waals surface area contributed by atoms with Crippen molar-refractivity contribution < 1.29 is 4.39 Å². The minimum atomic E-state index is -0.212. The third-order valence-electron chi connectivity index (χ3n) is 1.71. The summed E-state index contributed by atoms with van der Waals surface area (Å²) in [5, 5.41) is 0. The minimum Gasteiger partial charge on any atom is -0.258 e. The highest BCUT2D eigenvalue weighted by Gasteiger charge is 2.02. The van der Waals surface area contributed by atoms with Gasteiger partial charge in [0.25, 0.3) is 0 Å². The van der Waals surface area contributed by atoms with Crippen LogP contribution in [0.5, 0.6) is 0 Å². The minimum absolute atomic E-state index is 0.212. The molecule has 0 aliphatic carbocycles. The fraction of sp³-hybridized carbons (Fsp3) is 0.545.